The fourth-order valence-electron chi connectivity index (χ4n) is 1.35. The number of ether oxygens (including phenoxy) is 2. The van der Waals surface area contributed by atoms with Crippen molar-refractivity contribution in [1.82, 2.24) is 0 Å². The van der Waals surface area contributed by atoms with E-state index in [1.807, 2.05) is 6.92 Å². The molecule has 0 atom stereocenters. The molecule has 0 fully saturated rings. The van der Waals surface area contributed by atoms with Crippen molar-refractivity contribution >= 4 is 11.9 Å². The smallest absolute Gasteiger partial charge is 0.305 e. The quantitative estimate of drug-likeness (QED) is 0.451. The summed E-state index contributed by atoms with van der Waals surface area (Å²) >= 11 is 0. The molecular weight excluding hydrogens is 208 g/mol. The third kappa shape index (κ3) is 11.0. The van der Waals surface area contributed by atoms with Crippen molar-refractivity contribution in [1.29, 1.82) is 0 Å². The van der Waals surface area contributed by atoms with Crippen LogP contribution in [0.4, 0.5) is 0 Å². The van der Waals surface area contributed by atoms with Gasteiger partial charge >= 0.3 is 11.9 Å². The summed E-state index contributed by atoms with van der Waals surface area (Å²) in [5, 5.41) is 0. The first-order valence-corrected chi connectivity index (χ1v) is 5.95. The lowest BCUT2D eigenvalue weighted by Gasteiger charge is -2.03. The fourth-order valence-corrected chi connectivity index (χ4v) is 1.35. The minimum absolute atomic E-state index is 0.109. The molecule has 0 heterocycles. The van der Waals surface area contributed by atoms with Gasteiger partial charge in [0.05, 0.1) is 13.2 Å². The van der Waals surface area contributed by atoms with Crippen molar-refractivity contribution in [2.45, 2.75) is 52.4 Å². The highest BCUT2D eigenvalue weighted by molar-refractivity contribution is 5.69. The van der Waals surface area contributed by atoms with Gasteiger partial charge in [0.25, 0.3) is 0 Å². The molecule has 0 saturated carbocycles. The predicted molar refractivity (Wildman–Crippen MR) is 61.0 cm³/mol. The maximum absolute atomic E-state index is 11.0. The van der Waals surface area contributed by atoms with Crippen LogP contribution in [0.5, 0.6) is 0 Å². The summed E-state index contributed by atoms with van der Waals surface area (Å²) in [6.07, 6.45) is 5.43. The molecule has 0 N–H and O–H groups in total. The van der Waals surface area contributed by atoms with E-state index in [9.17, 15) is 9.59 Å². The van der Waals surface area contributed by atoms with Crippen LogP contribution in [0.15, 0.2) is 0 Å². The normalized spacial score (nSPS) is 9.88. The van der Waals surface area contributed by atoms with Crippen molar-refractivity contribution in [3.63, 3.8) is 0 Å². The van der Waals surface area contributed by atoms with Crippen molar-refractivity contribution in [2.24, 2.45) is 0 Å². The first-order chi connectivity index (χ1) is 7.66. The minimum Gasteiger partial charge on any atom is -0.466 e. The van der Waals surface area contributed by atoms with E-state index in [0.29, 0.717) is 19.6 Å². The molecule has 0 aromatic rings. The van der Waals surface area contributed by atoms with Crippen LogP contribution in [-0.2, 0) is 19.1 Å². The molecule has 0 radical (unpaired) electrons. The average Bonchev–Trinajstić information content (AvgIpc) is 2.22. The largest absolute Gasteiger partial charge is 0.466 e. The lowest BCUT2D eigenvalue weighted by molar-refractivity contribution is -0.143. The Bertz CT molecular complexity index is 201. The average molecular weight is 230 g/mol. The van der Waals surface area contributed by atoms with Gasteiger partial charge in [0.1, 0.15) is 0 Å². The zero-order valence-corrected chi connectivity index (χ0v) is 10.3. The molecule has 0 bridgehead atoms. The Labute approximate surface area is 97.3 Å². The molecule has 0 spiro atoms. The molecule has 4 heteroatoms. The standard InChI is InChI=1S/C12H22O4/c1-3-15-12(14)9-7-5-4-6-8-10-16-11(2)13/h3-10H2,1-2H3. The Hall–Kier alpha value is -1.06. The molecule has 0 amide bonds. The topological polar surface area (TPSA) is 52.6 Å². The third-order valence-electron chi connectivity index (χ3n) is 2.14. The van der Waals surface area contributed by atoms with Crippen LogP contribution in [0.3, 0.4) is 0 Å². The molecule has 4 nitrogen and oxygen atoms in total. The van der Waals surface area contributed by atoms with Crippen molar-refractivity contribution in [3.05, 3.63) is 0 Å². The molecule has 0 saturated heterocycles. The van der Waals surface area contributed by atoms with E-state index >= 15 is 0 Å². The second-order valence-corrected chi connectivity index (χ2v) is 3.66. The minimum atomic E-state index is -0.220. The SMILES string of the molecule is CCOC(=O)CCCCCCCOC(C)=O. The lowest BCUT2D eigenvalue weighted by atomic mass is 10.1. The molecule has 0 aliphatic carbocycles. The molecule has 0 aromatic heterocycles. The predicted octanol–water partition coefficient (Wildman–Crippen LogP) is 2.45. The highest BCUT2D eigenvalue weighted by Gasteiger charge is 2.00. The van der Waals surface area contributed by atoms with Gasteiger partial charge in [-0.25, -0.2) is 0 Å². The summed E-state index contributed by atoms with van der Waals surface area (Å²) in [6, 6.07) is 0. The maximum atomic E-state index is 11.0. The summed E-state index contributed by atoms with van der Waals surface area (Å²) < 4.78 is 9.62. The van der Waals surface area contributed by atoms with Gasteiger partial charge in [-0.1, -0.05) is 19.3 Å². The Morgan fingerprint density at radius 1 is 0.938 bits per heavy atom. The van der Waals surface area contributed by atoms with Crippen LogP contribution in [0.2, 0.25) is 0 Å². The van der Waals surface area contributed by atoms with Gasteiger partial charge in [-0.15, -0.1) is 0 Å². The molecular formula is C12H22O4. The van der Waals surface area contributed by atoms with E-state index in [4.69, 9.17) is 9.47 Å². The number of hydrogen-bond donors (Lipinski definition) is 0. The number of esters is 2. The fraction of sp³-hybridized carbons (Fsp3) is 0.833. The maximum Gasteiger partial charge on any atom is 0.305 e. The molecule has 16 heavy (non-hydrogen) atoms. The number of carbonyl (C=O) groups is 2. The molecule has 94 valence electrons. The molecule has 0 aliphatic rings. The van der Waals surface area contributed by atoms with Crippen LogP contribution in [0.25, 0.3) is 0 Å². The Kier molecular flexibility index (Phi) is 9.76. The Morgan fingerprint density at radius 2 is 1.56 bits per heavy atom. The molecule has 0 aliphatic heterocycles. The first kappa shape index (κ1) is 14.9. The molecule has 0 rings (SSSR count). The number of rotatable bonds is 9. The second-order valence-electron chi connectivity index (χ2n) is 3.66. The van der Waals surface area contributed by atoms with E-state index in [1.54, 1.807) is 0 Å². The van der Waals surface area contributed by atoms with Gasteiger partial charge in [0.15, 0.2) is 0 Å². The van der Waals surface area contributed by atoms with Crippen molar-refractivity contribution in [2.75, 3.05) is 13.2 Å². The van der Waals surface area contributed by atoms with Crippen LogP contribution in [0.1, 0.15) is 52.4 Å². The zero-order valence-electron chi connectivity index (χ0n) is 10.3. The third-order valence-corrected chi connectivity index (χ3v) is 2.14. The van der Waals surface area contributed by atoms with Gasteiger partial charge < -0.3 is 9.47 Å². The van der Waals surface area contributed by atoms with E-state index in [2.05, 4.69) is 0 Å². The lowest BCUT2D eigenvalue weighted by Crippen LogP contribution is -2.03. The highest BCUT2D eigenvalue weighted by Crippen LogP contribution is 2.06. The number of unbranched alkanes of at least 4 members (excludes halogenated alkanes) is 4. The first-order valence-electron chi connectivity index (χ1n) is 5.95. The Balaban J connectivity index is 3.09. The van der Waals surface area contributed by atoms with E-state index < -0.39 is 0 Å². The highest BCUT2D eigenvalue weighted by atomic mass is 16.5. The van der Waals surface area contributed by atoms with Gasteiger partial charge in [-0.3, -0.25) is 9.59 Å². The summed E-state index contributed by atoms with van der Waals surface area (Å²) in [7, 11) is 0. The van der Waals surface area contributed by atoms with Crippen molar-refractivity contribution in [3.8, 4) is 0 Å². The van der Waals surface area contributed by atoms with E-state index in [0.717, 1.165) is 32.1 Å². The summed E-state index contributed by atoms with van der Waals surface area (Å²) in [4.78, 5) is 21.4. The van der Waals surface area contributed by atoms with Crippen LogP contribution in [-0.4, -0.2) is 25.2 Å². The van der Waals surface area contributed by atoms with Crippen molar-refractivity contribution < 1.29 is 19.1 Å². The monoisotopic (exact) mass is 230 g/mol. The zero-order chi connectivity index (χ0) is 12.2. The number of carbonyl (C=O) groups excluding carboxylic acids is 2. The number of hydrogen-bond acceptors (Lipinski definition) is 4. The summed E-state index contributed by atoms with van der Waals surface area (Å²) in [5.41, 5.74) is 0. The molecule has 0 aromatic carbocycles. The van der Waals surface area contributed by atoms with Gasteiger partial charge in [0.2, 0.25) is 0 Å². The second kappa shape index (κ2) is 10.5. The van der Waals surface area contributed by atoms with Gasteiger partial charge in [-0.05, 0) is 19.8 Å². The van der Waals surface area contributed by atoms with E-state index in [-0.39, 0.29) is 11.9 Å². The Morgan fingerprint density at radius 3 is 2.19 bits per heavy atom. The van der Waals surface area contributed by atoms with Gasteiger partial charge in [-0.2, -0.15) is 0 Å². The van der Waals surface area contributed by atoms with Gasteiger partial charge in [0, 0.05) is 13.3 Å². The molecule has 0 unspecified atom stereocenters. The summed E-state index contributed by atoms with van der Waals surface area (Å²) in [6.45, 7) is 4.20. The summed E-state index contributed by atoms with van der Waals surface area (Å²) in [5.74, 6) is -0.329. The van der Waals surface area contributed by atoms with Crippen LogP contribution in [0, 0.1) is 0 Å². The van der Waals surface area contributed by atoms with E-state index in [1.165, 1.54) is 6.92 Å². The van der Waals surface area contributed by atoms with Crippen LogP contribution < -0.4 is 0 Å². The van der Waals surface area contributed by atoms with Crippen LogP contribution >= 0.6 is 0 Å².